The molecule has 0 heterocycles. The van der Waals surface area contributed by atoms with Crippen LogP contribution in [0, 0.1) is 0 Å². The highest BCUT2D eigenvalue weighted by Gasteiger charge is 2.05. The van der Waals surface area contributed by atoms with Gasteiger partial charge in [0.2, 0.25) is 5.76 Å². The standard InChI is InChI=1S/C10H10O3/c1-13-9(10(11)12)7-8-5-3-2-4-6-8/h2-7H,1H3,(H,11,12)/b9-7+. The van der Waals surface area contributed by atoms with Crippen LogP contribution in [0.25, 0.3) is 6.08 Å². The van der Waals surface area contributed by atoms with Gasteiger partial charge in [-0.05, 0) is 11.6 Å². The van der Waals surface area contributed by atoms with Gasteiger partial charge in [0.25, 0.3) is 0 Å². The number of ether oxygens (including phenoxy) is 1. The van der Waals surface area contributed by atoms with Crippen LogP contribution >= 0.6 is 0 Å². The van der Waals surface area contributed by atoms with Gasteiger partial charge in [-0.15, -0.1) is 0 Å². The van der Waals surface area contributed by atoms with Crippen LogP contribution < -0.4 is 0 Å². The zero-order chi connectivity index (χ0) is 9.68. The van der Waals surface area contributed by atoms with E-state index < -0.39 is 5.97 Å². The summed E-state index contributed by atoms with van der Waals surface area (Å²) in [5.74, 6) is -1.13. The molecule has 0 amide bonds. The lowest BCUT2D eigenvalue weighted by molar-refractivity contribution is -0.135. The van der Waals surface area contributed by atoms with Crippen LogP contribution in [0.2, 0.25) is 0 Å². The van der Waals surface area contributed by atoms with E-state index >= 15 is 0 Å². The van der Waals surface area contributed by atoms with E-state index in [4.69, 9.17) is 5.11 Å². The smallest absolute Gasteiger partial charge is 0.371 e. The predicted molar refractivity (Wildman–Crippen MR) is 49.1 cm³/mol. The fraction of sp³-hybridized carbons (Fsp3) is 0.100. The summed E-state index contributed by atoms with van der Waals surface area (Å²) in [6.07, 6.45) is 1.47. The zero-order valence-electron chi connectivity index (χ0n) is 7.23. The molecule has 0 unspecified atom stereocenters. The van der Waals surface area contributed by atoms with E-state index in [2.05, 4.69) is 4.74 Å². The number of carboxylic acids is 1. The van der Waals surface area contributed by atoms with Gasteiger partial charge in [-0.3, -0.25) is 0 Å². The van der Waals surface area contributed by atoms with E-state index in [1.165, 1.54) is 13.2 Å². The first-order chi connectivity index (χ1) is 6.24. The monoisotopic (exact) mass is 178 g/mol. The lowest BCUT2D eigenvalue weighted by Crippen LogP contribution is -2.01. The summed E-state index contributed by atoms with van der Waals surface area (Å²) in [6, 6.07) is 9.15. The van der Waals surface area contributed by atoms with Gasteiger partial charge >= 0.3 is 5.97 Å². The maximum Gasteiger partial charge on any atom is 0.371 e. The lowest BCUT2D eigenvalue weighted by atomic mass is 10.2. The van der Waals surface area contributed by atoms with Gasteiger partial charge in [-0.25, -0.2) is 4.79 Å². The molecule has 0 bridgehead atoms. The van der Waals surface area contributed by atoms with Crippen LogP contribution in [-0.2, 0) is 9.53 Å². The SMILES string of the molecule is CO/C(=C/c1ccccc1)C(=O)O. The summed E-state index contributed by atoms with van der Waals surface area (Å²) in [6.45, 7) is 0. The maximum absolute atomic E-state index is 10.5. The van der Waals surface area contributed by atoms with Crippen LogP contribution in [0.15, 0.2) is 36.1 Å². The molecule has 0 aliphatic rings. The Balaban J connectivity index is 2.92. The molecule has 1 aromatic rings. The highest BCUT2D eigenvalue weighted by Crippen LogP contribution is 2.06. The van der Waals surface area contributed by atoms with Crippen molar-refractivity contribution in [3.8, 4) is 0 Å². The van der Waals surface area contributed by atoms with Gasteiger partial charge in [0.1, 0.15) is 0 Å². The van der Waals surface area contributed by atoms with Crippen LogP contribution in [0.3, 0.4) is 0 Å². The Kier molecular flexibility index (Phi) is 3.09. The van der Waals surface area contributed by atoms with Crippen molar-refractivity contribution in [2.24, 2.45) is 0 Å². The summed E-state index contributed by atoms with van der Waals surface area (Å²) in [7, 11) is 1.34. The zero-order valence-corrected chi connectivity index (χ0v) is 7.23. The molecule has 68 valence electrons. The fourth-order valence-electron chi connectivity index (χ4n) is 0.909. The van der Waals surface area contributed by atoms with E-state index in [1.807, 2.05) is 30.3 Å². The van der Waals surface area contributed by atoms with Crippen LogP contribution in [-0.4, -0.2) is 18.2 Å². The van der Waals surface area contributed by atoms with Gasteiger partial charge in [0.05, 0.1) is 7.11 Å². The van der Waals surface area contributed by atoms with Gasteiger partial charge in [-0.2, -0.15) is 0 Å². The number of carbonyl (C=O) groups is 1. The van der Waals surface area contributed by atoms with Crippen LogP contribution in [0.4, 0.5) is 0 Å². The summed E-state index contributed by atoms with van der Waals surface area (Å²) in [5.41, 5.74) is 0.807. The van der Waals surface area contributed by atoms with Crippen molar-refractivity contribution in [1.82, 2.24) is 0 Å². The van der Waals surface area contributed by atoms with E-state index in [0.717, 1.165) is 5.56 Å². The molecule has 3 heteroatoms. The molecule has 3 nitrogen and oxygen atoms in total. The average molecular weight is 178 g/mol. The second kappa shape index (κ2) is 4.30. The van der Waals surface area contributed by atoms with Crippen molar-refractivity contribution >= 4 is 12.0 Å². The Morgan fingerprint density at radius 1 is 1.38 bits per heavy atom. The van der Waals surface area contributed by atoms with Crippen molar-refractivity contribution < 1.29 is 14.6 Å². The minimum atomic E-state index is -1.06. The maximum atomic E-state index is 10.5. The van der Waals surface area contributed by atoms with Crippen molar-refractivity contribution in [3.63, 3.8) is 0 Å². The molecule has 13 heavy (non-hydrogen) atoms. The number of hydrogen-bond acceptors (Lipinski definition) is 2. The van der Waals surface area contributed by atoms with Crippen molar-refractivity contribution in [2.75, 3.05) is 7.11 Å². The van der Waals surface area contributed by atoms with Gasteiger partial charge < -0.3 is 9.84 Å². The normalized spacial score (nSPS) is 11.0. The largest absolute Gasteiger partial charge is 0.490 e. The highest BCUT2D eigenvalue weighted by atomic mass is 16.5. The molecule has 0 aliphatic carbocycles. The Morgan fingerprint density at radius 2 is 2.00 bits per heavy atom. The van der Waals surface area contributed by atoms with Crippen molar-refractivity contribution in [3.05, 3.63) is 41.7 Å². The summed E-state index contributed by atoms with van der Waals surface area (Å²) in [4.78, 5) is 10.5. The predicted octanol–water partition coefficient (Wildman–Crippen LogP) is 1.76. The molecule has 1 aromatic carbocycles. The minimum Gasteiger partial charge on any atom is -0.490 e. The first-order valence-corrected chi connectivity index (χ1v) is 3.78. The molecular formula is C10H10O3. The molecule has 0 aliphatic heterocycles. The summed E-state index contributed by atoms with van der Waals surface area (Å²) >= 11 is 0. The van der Waals surface area contributed by atoms with E-state index in [1.54, 1.807) is 0 Å². The Bertz CT molecular complexity index is 314. The highest BCUT2D eigenvalue weighted by molar-refractivity contribution is 5.89. The number of hydrogen-bond donors (Lipinski definition) is 1. The van der Waals surface area contributed by atoms with E-state index in [0.29, 0.717) is 0 Å². The number of carboxylic acid groups (broad SMARTS) is 1. The average Bonchev–Trinajstić information content (AvgIpc) is 2.15. The molecular weight excluding hydrogens is 168 g/mol. The minimum absolute atomic E-state index is 0.0637. The second-order valence-electron chi connectivity index (χ2n) is 2.43. The summed E-state index contributed by atoms with van der Waals surface area (Å²) in [5, 5.41) is 8.64. The first kappa shape index (κ1) is 9.32. The number of methoxy groups -OCH3 is 1. The Labute approximate surface area is 76.3 Å². The second-order valence-corrected chi connectivity index (χ2v) is 2.43. The summed E-state index contributed by atoms with van der Waals surface area (Å²) < 4.78 is 4.68. The Hall–Kier alpha value is -1.77. The topological polar surface area (TPSA) is 46.5 Å². The quantitative estimate of drug-likeness (QED) is 0.566. The third kappa shape index (κ3) is 2.63. The molecule has 1 rings (SSSR count). The molecule has 0 aromatic heterocycles. The van der Waals surface area contributed by atoms with Gasteiger partial charge in [0, 0.05) is 0 Å². The van der Waals surface area contributed by atoms with Crippen molar-refractivity contribution in [2.45, 2.75) is 0 Å². The Morgan fingerprint density at radius 3 is 2.46 bits per heavy atom. The molecule has 1 N–H and O–H groups in total. The third-order valence-electron chi connectivity index (χ3n) is 1.53. The molecule has 0 atom stereocenters. The molecule has 0 radical (unpaired) electrons. The molecule has 0 spiro atoms. The van der Waals surface area contributed by atoms with E-state index in [-0.39, 0.29) is 5.76 Å². The van der Waals surface area contributed by atoms with Crippen LogP contribution in [0.5, 0.6) is 0 Å². The van der Waals surface area contributed by atoms with Gasteiger partial charge in [0.15, 0.2) is 0 Å². The third-order valence-corrected chi connectivity index (χ3v) is 1.53. The number of aliphatic carboxylic acids is 1. The fourth-order valence-corrected chi connectivity index (χ4v) is 0.909. The number of benzene rings is 1. The molecule has 0 fully saturated rings. The van der Waals surface area contributed by atoms with Crippen LogP contribution in [0.1, 0.15) is 5.56 Å². The van der Waals surface area contributed by atoms with Gasteiger partial charge in [-0.1, -0.05) is 30.3 Å². The first-order valence-electron chi connectivity index (χ1n) is 3.78. The van der Waals surface area contributed by atoms with Crippen molar-refractivity contribution in [1.29, 1.82) is 0 Å². The van der Waals surface area contributed by atoms with E-state index in [9.17, 15) is 4.79 Å². The molecule has 0 saturated heterocycles. The lowest BCUT2D eigenvalue weighted by Gasteiger charge is -1.99. The number of rotatable bonds is 3. The molecule has 0 saturated carbocycles.